The van der Waals surface area contributed by atoms with Crippen LogP contribution in [0.1, 0.15) is 16.6 Å². The number of ether oxygens (including phenoxy) is 2. The second kappa shape index (κ2) is 10.6. The van der Waals surface area contributed by atoms with Crippen LogP contribution in [0.3, 0.4) is 0 Å². The first-order valence-electron chi connectivity index (χ1n) is 9.96. The number of imide groups is 1. The van der Waals surface area contributed by atoms with Crippen molar-refractivity contribution in [3.8, 4) is 17.7 Å². The topological polar surface area (TPSA) is 148 Å². The first-order chi connectivity index (χ1) is 16.0. The summed E-state index contributed by atoms with van der Waals surface area (Å²) in [6.45, 7) is -0.155. The normalized spacial score (nSPS) is 12.3. The molecule has 0 atom stereocenters. The van der Waals surface area contributed by atoms with E-state index in [1.807, 2.05) is 5.32 Å². The van der Waals surface area contributed by atoms with Gasteiger partial charge < -0.3 is 9.47 Å². The molecule has 0 unspecified atom stereocenters. The molecular formula is C18H16BrClN6O5. The van der Waals surface area contributed by atoms with Gasteiger partial charge in [-0.2, -0.15) is 10.4 Å². The number of carbonyl (C=O) groups is 2. The number of carbonyl (C=O) groups excluding carboxylic acids is 2. The molecule has 0 saturated carbocycles. The van der Waals surface area contributed by atoms with Gasteiger partial charge in [0.15, 0.2) is 5.75 Å². The van der Waals surface area contributed by atoms with Gasteiger partial charge >= 0.3 is 6.09 Å². The fourth-order valence-electron chi connectivity index (χ4n) is 1.98. The molecule has 162 valence electrons. The molecule has 0 saturated heterocycles. The number of benzene rings is 1. The molecule has 0 bridgehead atoms. The third-order valence-corrected chi connectivity index (χ3v) is 4.18. The maximum Gasteiger partial charge on any atom is 0.414 e. The van der Waals surface area contributed by atoms with E-state index in [0.29, 0.717) is 0 Å². The molecule has 1 aromatic heterocycles. The minimum Gasteiger partial charge on any atom is -0.450 e. The molecule has 1 heterocycles. The number of nitriles is 1. The summed E-state index contributed by atoms with van der Waals surface area (Å²) >= 11 is 9.47. The van der Waals surface area contributed by atoms with E-state index in [9.17, 15) is 14.4 Å². The lowest BCUT2D eigenvalue weighted by Crippen LogP contribution is -2.36. The van der Waals surface area contributed by atoms with Gasteiger partial charge in [0.05, 0.1) is 23.2 Å². The number of aromatic nitrogens is 2. The minimum atomic E-state index is -1.73. The SMILES string of the molecule is [2H]c1c(Oc2c(Cl)cc(NN=C(C#N)C(=O)NC(=O)OCC)cc2Br)nn(C)c(=O)c1C([2H])[2H]. The Hall–Kier alpha value is -3.43. The quantitative estimate of drug-likeness (QED) is 0.442. The molecule has 11 nitrogen and oxygen atoms in total. The van der Waals surface area contributed by atoms with Crippen LogP contribution < -0.4 is 21.0 Å². The van der Waals surface area contributed by atoms with Gasteiger partial charge in [0.2, 0.25) is 11.6 Å². The first-order valence-corrected chi connectivity index (χ1v) is 9.48. The van der Waals surface area contributed by atoms with Crippen LogP contribution >= 0.6 is 27.5 Å². The summed E-state index contributed by atoms with van der Waals surface area (Å²) in [7, 11) is 1.28. The van der Waals surface area contributed by atoms with Gasteiger partial charge in [0, 0.05) is 21.4 Å². The van der Waals surface area contributed by atoms with E-state index in [1.165, 1.54) is 25.2 Å². The second-order valence-electron chi connectivity index (χ2n) is 5.50. The number of hydrogen-bond acceptors (Lipinski definition) is 9. The Morgan fingerprint density at radius 1 is 1.52 bits per heavy atom. The van der Waals surface area contributed by atoms with Crippen LogP contribution in [0.2, 0.25) is 5.02 Å². The second-order valence-corrected chi connectivity index (χ2v) is 6.76. The molecule has 2 aromatic rings. The van der Waals surface area contributed by atoms with E-state index in [4.69, 9.17) is 25.7 Å². The summed E-state index contributed by atoms with van der Waals surface area (Å²) in [6.07, 6.45) is -1.03. The van der Waals surface area contributed by atoms with Crippen LogP contribution in [0.4, 0.5) is 10.5 Å². The zero-order valence-electron chi connectivity index (χ0n) is 19.0. The summed E-state index contributed by atoms with van der Waals surface area (Å²) in [5, 5.41) is 18.4. The number of nitrogens with zero attached hydrogens (tertiary/aromatic N) is 4. The third kappa shape index (κ3) is 6.27. The molecule has 0 radical (unpaired) electrons. The van der Waals surface area contributed by atoms with Crippen molar-refractivity contribution in [3.05, 3.63) is 43.6 Å². The fourth-order valence-corrected chi connectivity index (χ4v) is 2.89. The van der Waals surface area contributed by atoms with Gasteiger partial charge in [-0.05, 0) is 41.9 Å². The number of aryl methyl sites for hydroxylation is 1. The number of anilines is 1. The van der Waals surface area contributed by atoms with Crippen LogP contribution in [0.15, 0.2) is 32.5 Å². The van der Waals surface area contributed by atoms with Gasteiger partial charge in [0.25, 0.3) is 11.5 Å². The van der Waals surface area contributed by atoms with Crippen molar-refractivity contribution in [1.82, 2.24) is 15.1 Å². The third-order valence-electron chi connectivity index (χ3n) is 3.31. The van der Waals surface area contributed by atoms with Gasteiger partial charge in [-0.3, -0.25) is 20.3 Å². The number of rotatable bonds is 6. The number of hydrazone groups is 1. The Bertz CT molecular complexity index is 1240. The number of nitrogens with one attached hydrogen (secondary N) is 2. The highest BCUT2D eigenvalue weighted by atomic mass is 79.9. The van der Waals surface area contributed by atoms with E-state index in [-0.39, 0.29) is 33.4 Å². The molecule has 31 heavy (non-hydrogen) atoms. The monoisotopic (exact) mass is 513 g/mol. The Morgan fingerprint density at radius 2 is 2.26 bits per heavy atom. The highest BCUT2D eigenvalue weighted by Gasteiger charge is 2.16. The molecule has 0 spiro atoms. The molecule has 13 heteroatoms. The van der Waals surface area contributed by atoms with Gasteiger partial charge in [-0.15, -0.1) is 5.10 Å². The fraction of sp³-hybridized carbons (Fsp3) is 0.222. The molecule has 2 rings (SSSR count). The summed E-state index contributed by atoms with van der Waals surface area (Å²) in [6, 6.07) is 3.73. The zero-order valence-corrected chi connectivity index (χ0v) is 18.4. The zero-order chi connectivity index (χ0) is 25.6. The predicted molar refractivity (Wildman–Crippen MR) is 115 cm³/mol. The Kier molecular flexibility index (Phi) is 6.65. The van der Waals surface area contributed by atoms with E-state index in [0.717, 1.165) is 4.68 Å². The molecule has 2 N–H and O–H groups in total. The van der Waals surface area contributed by atoms with Crippen molar-refractivity contribution >= 4 is 50.9 Å². The first kappa shape index (κ1) is 19.5. The summed E-state index contributed by atoms with van der Waals surface area (Å²) < 4.78 is 34.2. The maximum absolute atomic E-state index is 12.1. The Balaban J connectivity index is 2.30. The number of halogens is 2. The highest BCUT2D eigenvalue weighted by molar-refractivity contribution is 9.10. The van der Waals surface area contributed by atoms with Crippen molar-refractivity contribution < 1.29 is 23.2 Å². The predicted octanol–water partition coefficient (Wildman–Crippen LogP) is 2.86. The summed E-state index contributed by atoms with van der Waals surface area (Å²) in [5.41, 5.74) is 0.796. The molecule has 0 aliphatic rings. The van der Waals surface area contributed by atoms with E-state index < -0.39 is 41.8 Å². The molecule has 0 aliphatic heterocycles. The van der Waals surface area contributed by atoms with Crippen molar-refractivity contribution in [3.63, 3.8) is 0 Å². The van der Waals surface area contributed by atoms with Crippen LogP contribution in [-0.4, -0.2) is 34.1 Å². The lowest BCUT2D eigenvalue weighted by Gasteiger charge is -2.12. The Morgan fingerprint density at radius 3 is 2.87 bits per heavy atom. The average molecular weight is 515 g/mol. The van der Waals surface area contributed by atoms with Crippen LogP contribution in [-0.2, 0) is 16.6 Å². The lowest BCUT2D eigenvalue weighted by molar-refractivity contribution is -0.114. The van der Waals surface area contributed by atoms with E-state index >= 15 is 0 Å². The minimum absolute atomic E-state index is 0.00568. The highest BCUT2D eigenvalue weighted by Crippen LogP contribution is 2.38. The van der Waals surface area contributed by atoms with Crippen molar-refractivity contribution in [1.29, 1.82) is 5.26 Å². The molecule has 0 aliphatic carbocycles. The Labute approximate surface area is 193 Å². The van der Waals surface area contributed by atoms with Gasteiger partial charge in [-0.25, -0.2) is 9.48 Å². The number of alkyl carbamates (subject to hydrolysis) is 1. The smallest absolute Gasteiger partial charge is 0.414 e. The largest absolute Gasteiger partial charge is 0.450 e. The van der Waals surface area contributed by atoms with Crippen molar-refractivity contribution in [2.24, 2.45) is 12.1 Å². The number of hydrogen-bond donors (Lipinski definition) is 2. The van der Waals surface area contributed by atoms with Gasteiger partial charge in [-0.1, -0.05) is 11.6 Å². The molecule has 0 fully saturated rings. The molecular weight excluding hydrogens is 496 g/mol. The van der Waals surface area contributed by atoms with Gasteiger partial charge in [0.1, 0.15) is 6.07 Å². The van der Waals surface area contributed by atoms with E-state index in [1.54, 1.807) is 6.92 Å². The van der Waals surface area contributed by atoms with Crippen LogP contribution in [0.5, 0.6) is 11.6 Å². The standard InChI is InChI=1S/C18H16BrClN6O5/c1-4-30-18(29)22-16(27)13(8-21)24-23-10-6-11(19)15(12(20)7-10)31-14-5-9(2)17(28)26(3)25-14/h5-7,23H,4H2,1-3H3,(H,22,27,29)/i2D2,5D. The van der Waals surface area contributed by atoms with Crippen LogP contribution in [0.25, 0.3) is 0 Å². The summed E-state index contributed by atoms with van der Waals surface area (Å²) in [4.78, 5) is 35.3. The maximum atomic E-state index is 12.1. The van der Waals surface area contributed by atoms with Crippen LogP contribution in [0, 0.1) is 18.2 Å². The van der Waals surface area contributed by atoms with Crippen molar-refractivity contribution in [2.75, 3.05) is 12.0 Å². The van der Waals surface area contributed by atoms with E-state index in [2.05, 4.69) is 36.3 Å². The molecule has 1 aromatic carbocycles. The molecule has 2 amide bonds. The van der Waals surface area contributed by atoms with Crippen molar-refractivity contribution in [2.45, 2.75) is 13.8 Å². The number of amides is 2. The summed E-state index contributed by atoms with van der Waals surface area (Å²) in [5.74, 6) is -1.44. The lowest BCUT2D eigenvalue weighted by atomic mass is 10.3. The average Bonchev–Trinajstić information content (AvgIpc) is 2.74.